The van der Waals surface area contributed by atoms with Gasteiger partial charge in [-0.25, -0.2) is 4.79 Å². The van der Waals surface area contributed by atoms with Crippen molar-refractivity contribution in [1.82, 2.24) is 4.98 Å². The number of hydrogen-bond acceptors (Lipinski definition) is 6. The molecule has 116 valence electrons. The Kier molecular flexibility index (Phi) is 7.52. The molecule has 0 spiro atoms. The number of ether oxygens (including phenoxy) is 2. The Labute approximate surface area is 123 Å². The molecule has 0 radical (unpaired) electrons. The van der Waals surface area contributed by atoms with Gasteiger partial charge in [-0.2, -0.15) is 0 Å². The summed E-state index contributed by atoms with van der Waals surface area (Å²) in [6.45, 7) is 3.53. The Bertz CT molecular complexity index is 460. The largest absolute Gasteiger partial charge is 0.476 e. The van der Waals surface area contributed by atoms with Crippen molar-refractivity contribution in [1.29, 1.82) is 0 Å². The van der Waals surface area contributed by atoms with Gasteiger partial charge >= 0.3 is 5.97 Å². The zero-order valence-electron chi connectivity index (χ0n) is 11.9. The summed E-state index contributed by atoms with van der Waals surface area (Å²) < 4.78 is 10.9. The minimum absolute atomic E-state index is 0.230. The van der Waals surface area contributed by atoms with E-state index in [9.17, 15) is 9.59 Å². The van der Waals surface area contributed by atoms with Crippen LogP contribution in [0.1, 0.15) is 24.7 Å². The summed E-state index contributed by atoms with van der Waals surface area (Å²) in [5.74, 6) is -2.20. The van der Waals surface area contributed by atoms with Crippen molar-refractivity contribution in [2.75, 3.05) is 13.2 Å². The average molecular weight is 296 g/mol. The van der Waals surface area contributed by atoms with E-state index in [0.29, 0.717) is 19.8 Å². The number of rotatable bonds is 5. The fourth-order valence-corrected chi connectivity index (χ4v) is 1.57. The highest BCUT2D eigenvalue weighted by atomic mass is 16.5. The van der Waals surface area contributed by atoms with E-state index in [2.05, 4.69) is 4.98 Å². The number of nitrogens with two attached hydrogens (primary N) is 1. The summed E-state index contributed by atoms with van der Waals surface area (Å²) in [5.41, 5.74) is 7.35. The van der Waals surface area contributed by atoms with Crippen LogP contribution in [-0.2, 0) is 32.2 Å². The van der Waals surface area contributed by atoms with Crippen LogP contribution in [0.15, 0.2) is 18.2 Å². The second kappa shape index (κ2) is 9.17. The molecule has 1 aromatic rings. The van der Waals surface area contributed by atoms with Crippen molar-refractivity contribution in [3.63, 3.8) is 0 Å². The second-order valence-electron chi connectivity index (χ2n) is 4.48. The van der Waals surface area contributed by atoms with Crippen LogP contribution in [0, 0.1) is 0 Å². The minimum Gasteiger partial charge on any atom is -0.476 e. The lowest BCUT2D eigenvalue weighted by molar-refractivity contribution is -0.148. The summed E-state index contributed by atoms with van der Waals surface area (Å²) in [6, 6.07) is 5.83. The van der Waals surface area contributed by atoms with E-state index in [1.807, 2.05) is 18.2 Å². The van der Waals surface area contributed by atoms with Crippen molar-refractivity contribution >= 4 is 11.8 Å². The molecule has 7 nitrogen and oxygen atoms in total. The molecule has 7 heteroatoms. The summed E-state index contributed by atoms with van der Waals surface area (Å²) in [4.78, 5) is 23.3. The quantitative estimate of drug-likeness (QED) is 0.761. The summed E-state index contributed by atoms with van der Waals surface area (Å²) in [6.07, 6.45) is 1.21. The van der Waals surface area contributed by atoms with Gasteiger partial charge in [-0.05, 0) is 18.6 Å². The number of carbonyl (C=O) groups is 2. The van der Waals surface area contributed by atoms with Gasteiger partial charge in [0.2, 0.25) is 5.78 Å². The van der Waals surface area contributed by atoms with Gasteiger partial charge in [-0.3, -0.25) is 9.78 Å². The van der Waals surface area contributed by atoms with Gasteiger partial charge in [0, 0.05) is 20.1 Å². The fraction of sp³-hybridized carbons (Fsp3) is 0.500. The molecule has 1 aromatic heterocycles. The lowest BCUT2D eigenvalue weighted by Gasteiger charge is -2.09. The molecule has 0 saturated carbocycles. The van der Waals surface area contributed by atoms with Crippen molar-refractivity contribution in [3.8, 4) is 0 Å². The number of hydrogen-bond donors (Lipinski definition) is 2. The molecule has 0 aliphatic carbocycles. The van der Waals surface area contributed by atoms with Gasteiger partial charge in [0.15, 0.2) is 0 Å². The molecule has 2 rings (SSSR count). The SMILES string of the molecule is CC(=O)C(=O)O.NCc1cccc(CO[C@H]2CCOC2)n1. The number of nitrogens with zero attached hydrogens (tertiary/aromatic N) is 1. The number of aliphatic carboxylic acids is 1. The second-order valence-corrected chi connectivity index (χ2v) is 4.48. The summed E-state index contributed by atoms with van der Waals surface area (Å²) in [5, 5.41) is 7.64. The van der Waals surface area contributed by atoms with E-state index in [-0.39, 0.29) is 6.10 Å². The van der Waals surface area contributed by atoms with Gasteiger partial charge in [-0.15, -0.1) is 0 Å². The van der Waals surface area contributed by atoms with Crippen LogP contribution >= 0.6 is 0 Å². The highest BCUT2D eigenvalue weighted by Crippen LogP contribution is 2.10. The highest BCUT2D eigenvalue weighted by molar-refractivity contribution is 6.31. The van der Waals surface area contributed by atoms with Crippen LogP contribution in [-0.4, -0.2) is 41.2 Å². The van der Waals surface area contributed by atoms with Crippen LogP contribution in [0.5, 0.6) is 0 Å². The third-order valence-electron chi connectivity index (χ3n) is 2.73. The van der Waals surface area contributed by atoms with Crippen LogP contribution in [0.3, 0.4) is 0 Å². The Morgan fingerprint density at radius 3 is 2.67 bits per heavy atom. The number of pyridine rings is 1. The molecule has 1 aliphatic heterocycles. The van der Waals surface area contributed by atoms with Crippen LogP contribution < -0.4 is 5.73 Å². The highest BCUT2D eigenvalue weighted by Gasteiger charge is 2.15. The third kappa shape index (κ3) is 6.94. The molecule has 0 bridgehead atoms. The standard InChI is InChI=1S/C11H16N2O2.C3H4O3/c12-6-9-2-1-3-10(13-9)7-15-11-4-5-14-8-11;1-2(4)3(5)6/h1-3,11H,4-8,12H2;1H3,(H,5,6)/t11-;/m0./s1. The Morgan fingerprint density at radius 2 is 2.14 bits per heavy atom. The molecular formula is C14H20N2O5. The molecule has 21 heavy (non-hydrogen) atoms. The Hall–Kier alpha value is -1.83. The van der Waals surface area contributed by atoms with E-state index in [1.165, 1.54) is 0 Å². The number of carboxylic acids is 1. The zero-order valence-corrected chi connectivity index (χ0v) is 11.9. The summed E-state index contributed by atoms with van der Waals surface area (Å²) in [7, 11) is 0. The normalized spacial score (nSPS) is 17.0. The van der Waals surface area contributed by atoms with Crippen LogP contribution in [0.4, 0.5) is 0 Å². The van der Waals surface area contributed by atoms with Crippen LogP contribution in [0.25, 0.3) is 0 Å². The molecule has 1 saturated heterocycles. The number of carbonyl (C=O) groups excluding carboxylic acids is 1. The van der Waals surface area contributed by atoms with E-state index in [4.69, 9.17) is 20.3 Å². The van der Waals surface area contributed by atoms with Gasteiger partial charge in [0.05, 0.1) is 30.7 Å². The minimum atomic E-state index is -1.38. The zero-order chi connectivity index (χ0) is 15.7. The number of Topliss-reactive ketones (excluding diaryl/α,β-unsaturated/α-hetero) is 1. The van der Waals surface area contributed by atoms with E-state index < -0.39 is 11.8 Å². The van der Waals surface area contributed by atoms with E-state index >= 15 is 0 Å². The average Bonchev–Trinajstić information content (AvgIpc) is 2.99. The first-order valence-electron chi connectivity index (χ1n) is 6.61. The maximum atomic E-state index is 9.54. The molecule has 2 heterocycles. The van der Waals surface area contributed by atoms with Gasteiger partial charge in [0.1, 0.15) is 0 Å². The van der Waals surface area contributed by atoms with Gasteiger partial charge in [-0.1, -0.05) is 6.07 Å². The van der Waals surface area contributed by atoms with E-state index in [0.717, 1.165) is 31.3 Å². The monoisotopic (exact) mass is 296 g/mol. The van der Waals surface area contributed by atoms with E-state index in [1.54, 1.807) is 0 Å². The predicted octanol–water partition coefficient (Wildman–Crippen LogP) is 0.506. The molecule has 1 aliphatic rings. The maximum Gasteiger partial charge on any atom is 0.371 e. The smallest absolute Gasteiger partial charge is 0.371 e. The Balaban J connectivity index is 0.000000315. The first kappa shape index (κ1) is 17.2. The fourth-order valence-electron chi connectivity index (χ4n) is 1.57. The Morgan fingerprint density at radius 1 is 1.48 bits per heavy atom. The van der Waals surface area contributed by atoms with Gasteiger partial charge in [0.25, 0.3) is 0 Å². The molecule has 0 unspecified atom stereocenters. The maximum absolute atomic E-state index is 9.54. The van der Waals surface area contributed by atoms with Crippen molar-refractivity contribution < 1.29 is 24.2 Å². The van der Waals surface area contributed by atoms with Crippen molar-refractivity contribution in [3.05, 3.63) is 29.6 Å². The van der Waals surface area contributed by atoms with Crippen molar-refractivity contribution in [2.45, 2.75) is 32.6 Å². The van der Waals surface area contributed by atoms with Crippen molar-refractivity contribution in [2.24, 2.45) is 5.73 Å². The summed E-state index contributed by atoms with van der Waals surface area (Å²) >= 11 is 0. The van der Waals surface area contributed by atoms with Crippen LogP contribution in [0.2, 0.25) is 0 Å². The third-order valence-corrected chi connectivity index (χ3v) is 2.73. The number of ketones is 1. The molecular weight excluding hydrogens is 276 g/mol. The topological polar surface area (TPSA) is 112 Å². The van der Waals surface area contributed by atoms with Gasteiger partial charge < -0.3 is 20.3 Å². The molecule has 0 aromatic carbocycles. The molecule has 3 N–H and O–H groups in total. The first-order chi connectivity index (χ1) is 10.0. The predicted molar refractivity (Wildman–Crippen MR) is 74.5 cm³/mol. The lowest BCUT2D eigenvalue weighted by atomic mass is 10.3. The molecule has 0 amide bonds. The molecule has 1 atom stereocenters. The first-order valence-corrected chi connectivity index (χ1v) is 6.61. The molecule has 1 fully saturated rings. The number of carboxylic acid groups (broad SMARTS) is 1. The number of aromatic nitrogens is 1. The lowest BCUT2D eigenvalue weighted by Crippen LogP contribution is -2.13.